The van der Waals surface area contributed by atoms with Crippen molar-refractivity contribution in [1.82, 2.24) is 19.7 Å². The predicted octanol–water partition coefficient (Wildman–Crippen LogP) is 3.10. The van der Waals surface area contributed by atoms with Gasteiger partial charge in [-0.2, -0.15) is 5.10 Å². The molecule has 0 saturated carbocycles. The summed E-state index contributed by atoms with van der Waals surface area (Å²) in [6.45, 7) is 4.89. The molecule has 0 aliphatic carbocycles. The molecular weight excluding hydrogens is 368 g/mol. The van der Waals surface area contributed by atoms with Crippen molar-refractivity contribution in [2.24, 2.45) is 0 Å². The molecule has 8 heteroatoms. The molecule has 1 fully saturated rings. The second-order valence-corrected chi connectivity index (χ2v) is 7.12. The lowest BCUT2D eigenvalue weighted by atomic mass is 10.2. The van der Waals surface area contributed by atoms with Gasteiger partial charge in [-0.05, 0) is 44.9 Å². The summed E-state index contributed by atoms with van der Waals surface area (Å²) in [7, 11) is 0. The first-order valence-corrected chi connectivity index (χ1v) is 9.48. The van der Waals surface area contributed by atoms with Crippen LogP contribution in [0.1, 0.15) is 47.6 Å². The van der Waals surface area contributed by atoms with Gasteiger partial charge in [-0.25, -0.2) is 14.5 Å². The maximum absolute atomic E-state index is 12.4. The van der Waals surface area contributed by atoms with Crippen molar-refractivity contribution < 1.29 is 14.3 Å². The Morgan fingerprint density at radius 3 is 2.48 bits per heavy atom. The summed E-state index contributed by atoms with van der Waals surface area (Å²) in [5, 5.41) is 4.53. The lowest BCUT2D eigenvalue weighted by molar-refractivity contribution is -0.134. The molecule has 0 N–H and O–H groups in total. The molecule has 3 heterocycles. The average Bonchev–Trinajstić information content (AvgIpc) is 2.85. The van der Waals surface area contributed by atoms with E-state index in [9.17, 15) is 9.59 Å². The Bertz CT molecular complexity index is 841. The van der Waals surface area contributed by atoms with Crippen LogP contribution in [0.5, 0.6) is 0 Å². The fourth-order valence-electron chi connectivity index (χ4n) is 3.16. The molecular formula is C19H23ClN4O3. The molecule has 0 bridgehead atoms. The number of hydrogen-bond donors (Lipinski definition) is 0. The van der Waals surface area contributed by atoms with Gasteiger partial charge in [-0.3, -0.25) is 4.79 Å². The zero-order valence-electron chi connectivity index (χ0n) is 15.6. The molecule has 0 aromatic carbocycles. The van der Waals surface area contributed by atoms with E-state index in [1.165, 1.54) is 0 Å². The van der Waals surface area contributed by atoms with Gasteiger partial charge < -0.3 is 9.64 Å². The maximum Gasteiger partial charge on any atom is 0.359 e. The summed E-state index contributed by atoms with van der Waals surface area (Å²) in [6.07, 6.45) is 4.22. The molecule has 0 radical (unpaired) electrons. The minimum Gasteiger partial charge on any atom is -0.451 e. The van der Waals surface area contributed by atoms with E-state index in [1.54, 1.807) is 21.7 Å². The van der Waals surface area contributed by atoms with Gasteiger partial charge in [0.15, 0.2) is 18.1 Å². The zero-order chi connectivity index (χ0) is 19.4. The Hall–Kier alpha value is -2.41. The molecule has 7 nitrogen and oxygen atoms in total. The fourth-order valence-corrected chi connectivity index (χ4v) is 3.34. The first-order chi connectivity index (χ1) is 13.0. The van der Waals surface area contributed by atoms with Gasteiger partial charge in [0.1, 0.15) is 0 Å². The lowest BCUT2D eigenvalue weighted by Crippen LogP contribution is -2.35. The number of pyridine rings is 1. The van der Waals surface area contributed by atoms with E-state index in [1.807, 2.05) is 19.9 Å². The monoisotopic (exact) mass is 390 g/mol. The van der Waals surface area contributed by atoms with Gasteiger partial charge in [0, 0.05) is 18.8 Å². The van der Waals surface area contributed by atoms with Gasteiger partial charge in [0.2, 0.25) is 0 Å². The van der Waals surface area contributed by atoms with Crippen molar-refractivity contribution in [1.29, 1.82) is 0 Å². The minimum absolute atomic E-state index is 0.0228. The first-order valence-electron chi connectivity index (χ1n) is 9.11. The Morgan fingerprint density at radius 1 is 1.15 bits per heavy atom. The van der Waals surface area contributed by atoms with E-state index in [-0.39, 0.29) is 23.2 Å². The van der Waals surface area contributed by atoms with Crippen molar-refractivity contribution >= 4 is 23.5 Å². The number of hydrogen-bond acceptors (Lipinski definition) is 5. The topological polar surface area (TPSA) is 77.3 Å². The highest BCUT2D eigenvalue weighted by Crippen LogP contribution is 2.19. The van der Waals surface area contributed by atoms with Crippen LogP contribution < -0.4 is 0 Å². The van der Waals surface area contributed by atoms with Crippen LogP contribution in [-0.2, 0) is 9.53 Å². The summed E-state index contributed by atoms with van der Waals surface area (Å²) in [6, 6.07) is 5.17. The van der Waals surface area contributed by atoms with Crippen LogP contribution in [0.25, 0.3) is 5.82 Å². The molecule has 2 aromatic heterocycles. The van der Waals surface area contributed by atoms with Crippen LogP contribution in [0.4, 0.5) is 0 Å². The fraction of sp³-hybridized carbons (Fsp3) is 0.474. The van der Waals surface area contributed by atoms with E-state index in [2.05, 4.69) is 10.1 Å². The van der Waals surface area contributed by atoms with Crippen molar-refractivity contribution in [3.8, 4) is 5.82 Å². The Morgan fingerprint density at radius 2 is 1.85 bits per heavy atom. The molecule has 0 unspecified atom stereocenters. The van der Waals surface area contributed by atoms with Gasteiger partial charge >= 0.3 is 5.97 Å². The number of halogens is 1. The van der Waals surface area contributed by atoms with E-state index in [0.717, 1.165) is 37.1 Å². The standard InChI is InChI=1S/C19H23ClN4O3/c1-13-11-14(2)24(22-13)16-8-7-15(20)18(21-16)19(26)27-12-17(25)23-9-5-3-4-6-10-23/h7-8,11H,3-6,9-10,12H2,1-2H3. The highest BCUT2D eigenvalue weighted by atomic mass is 35.5. The summed E-state index contributed by atoms with van der Waals surface area (Å²) in [5.41, 5.74) is 1.71. The van der Waals surface area contributed by atoms with Crippen LogP contribution in [0.3, 0.4) is 0 Å². The molecule has 3 rings (SSSR count). The number of nitrogens with zero attached hydrogens (tertiary/aromatic N) is 4. The molecule has 2 aromatic rings. The second-order valence-electron chi connectivity index (χ2n) is 6.71. The van der Waals surface area contributed by atoms with E-state index < -0.39 is 5.97 Å². The summed E-state index contributed by atoms with van der Waals surface area (Å²) in [4.78, 5) is 30.8. The van der Waals surface area contributed by atoms with Crippen LogP contribution in [0.15, 0.2) is 18.2 Å². The Balaban J connectivity index is 1.70. The number of carbonyl (C=O) groups is 2. The van der Waals surface area contributed by atoms with E-state index in [0.29, 0.717) is 18.9 Å². The van der Waals surface area contributed by atoms with Crippen LogP contribution >= 0.6 is 11.6 Å². The van der Waals surface area contributed by atoms with Gasteiger partial charge in [0.25, 0.3) is 5.91 Å². The lowest BCUT2D eigenvalue weighted by Gasteiger charge is -2.19. The highest BCUT2D eigenvalue weighted by molar-refractivity contribution is 6.33. The largest absolute Gasteiger partial charge is 0.451 e. The smallest absolute Gasteiger partial charge is 0.359 e. The molecule has 0 spiro atoms. The quantitative estimate of drug-likeness (QED) is 0.749. The summed E-state index contributed by atoms with van der Waals surface area (Å²) >= 11 is 6.12. The number of esters is 1. The number of aromatic nitrogens is 3. The number of amides is 1. The summed E-state index contributed by atoms with van der Waals surface area (Å²) < 4.78 is 6.81. The molecule has 1 aliphatic rings. The van der Waals surface area contributed by atoms with Crippen molar-refractivity contribution in [2.75, 3.05) is 19.7 Å². The molecule has 1 aliphatic heterocycles. The first kappa shape index (κ1) is 19.4. The van der Waals surface area contributed by atoms with Crippen LogP contribution in [0, 0.1) is 13.8 Å². The molecule has 144 valence electrons. The number of rotatable bonds is 4. The van der Waals surface area contributed by atoms with E-state index in [4.69, 9.17) is 16.3 Å². The molecule has 1 amide bonds. The van der Waals surface area contributed by atoms with Gasteiger partial charge in [-0.15, -0.1) is 0 Å². The van der Waals surface area contributed by atoms with Crippen LogP contribution in [0.2, 0.25) is 5.02 Å². The molecule has 0 atom stereocenters. The Kier molecular flexibility index (Phi) is 6.11. The zero-order valence-corrected chi connectivity index (χ0v) is 16.3. The van der Waals surface area contributed by atoms with Crippen molar-refractivity contribution in [2.45, 2.75) is 39.5 Å². The number of aryl methyl sites for hydroxylation is 2. The maximum atomic E-state index is 12.4. The third kappa shape index (κ3) is 4.66. The predicted molar refractivity (Wildman–Crippen MR) is 101 cm³/mol. The normalized spacial score (nSPS) is 14.7. The second kappa shape index (κ2) is 8.52. The number of likely N-dealkylation sites (tertiary alicyclic amines) is 1. The number of ether oxygens (including phenoxy) is 1. The number of carbonyl (C=O) groups excluding carboxylic acids is 2. The molecule has 1 saturated heterocycles. The van der Waals surface area contributed by atoms with E-state index >= 15 is 0 Å². The van der Waals surface area contributed by atoms with Crippen LogP contribution in [-0.4, -0.2) is 51.2 Å². The van der Waals surface area contributed by atoms with Gasteiger partial charge in [0.05, 0.1) is 10.7 Å². The van der Waals surface area contributed by atoms with Crippen molar-refractivity contribution in [3.05, 3.63) is 40.3 Å². The third-order valence-electron chi connectivity index (χ3n) is 4.54. The highest BCUT2D eigenvalue weighted by Gasteiger charge is 2.20. The SMILES string of the molecule is Cc1cc(C)n(-c2ccc(Cl)c(C(=O)OCC(=O)N3CCCCCC3)n2)n1. The summed E-state index contributed by atoms with van der Waals surface area (Å²) in [5.74, 6) is -0.432. The Labute approximate surface area is 163 Å². The van der Waals surface area contributed by atoms with Gasteiger partial charge in [-0.1, -0.05) is 24.4 Å². The molecule has 27 heavy (non-hydrogen) atoms. The average molecular weight is 391 g/mol. The van der Waals surface area contributed by atoms with Crippen molar-refractivity contribution in [3.63, 3.8) is 0 Å². The third-order valence-corrected chi connectivity index (χ3v) is 4.84. The minimum atomic E-state index is -0.716.